The van der Waals surface area contributed by atoms with Crippen LogP contribution in [-0.4, -0.2) is 33.4 Å². The van der Waals surface area contributed by atoms with Crippen LogP contribution >= 0.6 is 11.3 Å². The van der Waals surface area contributed by atoms with E-state index in [1.165, 1.54) is 11.3 Å². The topological polar surface area (TPSA) is 102 Å². The molecule has 0 aliphatic rings. The van der Waals surface area contributed by atoms with Gasteiger partial charge in [0.2, 0.25) is 5.13 Å². The van der Waals surface area contributed by atoms with Crippen molar-refractivity contribution in [3.05, 3.63) is 40.7 Å². The van der Waals surface area contributed by atoms with E-state index in [2.05, 4.69) is 44.3 Å². The summed E-state index contributed by atoms with van der Waals surface area (Å²) in [6, 6.07) is 5.79. The van der Waals surface area contributed by atoms with Gasteiger partial charge in [-0.05, 0) is 24.6 Å². The van der Waals surface area contributed by atoms with Crippen molar-refractivity contribution in [2.45, 2.75) is 33.1 Å². The van der Waals surface area contributed by atoms with Gasteiger partial charge in [-0.2, -0.15) is 0 Å². The van der Waals surface area contributed by atoms with Crippen molar-refractivity contribution in [2.75, 3.05) is 12.4 Å². The Hall–Kier alpha value is -2.87. The van der Waals surface area contributed by atoms with E-state index < -0.39 is 0 Å². The number of hydrogen-bond donors (Lipinski definition) is 2. The van der Waals surface area contributed by atoms with Crippen LogP contribution in [0.15, 0.2) is 35.1 Å². The number of anilines is 2. The fourth-order valence-corrected chi connectivity index (χ4v) is 3.27. The van der Waals surface area contributed by atoms with Gasteiger partial charge in [0.15, 0.2) is 0 Å². The van der Waals surface area contributed by atoms with E-state index in [4.69, 9.17) is 5.73 Å². The molecule has 7 nitrogen and oxygen atoms in total. The molecule has 0 fully saturated rings. The van der Waals surface area contributed by atoms with Gasteiger partial charge < -0.3 is 11.1 Å². The van der Waals surface area contributed by atoms with E-state index in [1.54, 1.807) is 19.5 Å². The van der Waals surface area contributed by atoms with Crippen molar-refractivity contribution < 1.29 is 0 Å². The monoisotopic (exact) mass is 381 g/mol. The maximum absolute atomic E-state index is 6.15. The first-order valence-corrected chi connectivity index (χ1v) is 9.61. The number of pyridine rings is 2. The maximum atomic E-state index is 6.15. The minimum absolute atomic E-state index is 0.351. The Kier molecular flexibility index (Phi) is 5.75. The van der Waals surface area contributed by atoms with Crippen molar-refractivity contribution in [1.82, 2.24) is 20.2 Å². The molecular formula is C19H23N7S. The predicted octanol–water partition coefficient (Wildman–Crippen LogP) is 4.13. The molecular weight excluding hydrogens is 358 g/mol. The lowest BCUT2D eigenvalue weighted by molar-refractivity contribution is 0.825. The fraction of sp³-hybridized carbons (Fsp3) is 0.316. The van der Waals surface area contributed by atoms with Gasteiger partial charge in [-0.15, -0.1) is 10.2 Å². The molecule has 0 bridgehead atoms. The molecule has 3 N–H and O–H groups in total. The molecule has 140 valence electrons. The SMILES string of the molecule is CCC(N)=C(C=NC)c1cnc2ccc(Nc3nnc(C(C)C)s3)nc2c1. The fourth-order valence-electron chi connectivity index (χ4n) is 2.51. The molecule has 0 aliphatic heterocycles. The molecule has 27 heavy (non-hydrogen) atoms. The first-order chi connectivity index (χ1) is 13.0. The van der Waals surface area contributed by atoms with Crippen molar-refractivity contribution in [3.8, 4) is 0 Å². The first-order valence-electron chi connectivity index (χ1n) is 8.80. The number of nitrogens with one attached hydrogen (secondary N) is 1. The summed E-state index contributed by atoms with van der Waals surface area (Å²) in [5, 5.41) is 13.3. The molecule has 0 atom stereocenters. The molecule has 0 radical (unpaired) electrons. The highest BCUT2D eigenvalue weighted by Gasteiger charge is 2.10. The summed E-state index contributed by atoms with van der Waals surface area (Å²) in [5.74, 6) is 1.05. The molecule has 0 unspecified atom stereocenters. The van der Waals surface area contributed by atoms with Crippen LogP contribution in [0.1, 0.15) is 43.7 Å². The van der Waals surface area contributed by atoms with Gasteiger partial charge >= 0.3 is 0 Å². The summed E-state index contributed by atoms with van der Waals surface area (Å²) in [6.45, 7) is 6.21. The lowest BCUT2D eigenvalue weighted by Crippen LogP contribution is -2.03. The van der Waals surface area contributed by atoms with Gasteiger partial charge in [-0.25, -0.2) is 4.98 Å². The Morgan fingerprint density at radius 3 is 2.78 bits per heavy atom. The molecule has 0 spiro atoms. The Balaban J connectivity index is 1.96. The summed E-state index contributed by atoms with van der Waals surface area (Å²) in [4.78, 5) is 13.3. The summed E-state index contributed by atoms with van der Waals surface area (Å²) in [6.07, 6.45) is 4.30. The molecule has 0 aliphatic carbocycles. The largest absolute Gasteiger partial charge is 0.402 e. The number of fused-ring (bicyclic) bond motifs is 1. The molecule has 0 amide bonds. The quantitative estimate of drug-likeness (QED) is 0.623. The molecule has 0 aromatic carbocycles. The van der Waals surface area contributed by atoms with Crippen molar-refractivity contribution in [2.24, 2.45) is 10.7 Å². The summed E-state index contributed by atoms with van der Waals surface area (Å²) >= 11 is 1.53. The molecule has 3 rings (SSSR count). The smallest absolute Gasteiger partial charge is 0.211 e. The van der Waals surface area contributed by atoms with Gasteiger partial charge in [-0.3, -0.25) is 9.98 Å². The lowest BCUT2D eigenvalue weighted by Gasteiger charge is -2.08. The van der Waals surface area contributed by atoms with Crippen molar-refractivity contribution >= 4 is 45.1 Å². The zero-order valence-electron chi connectivity index (χ0n) is 15.9. The van der Waals surface area contributed by atoms with Crippen LogP contribution in [0.2, 0.25) is 0 Å². The number of aliphatic imine (C=N–C) groups is 1. The van der Waals surface area contributed by atoms with Gasteiger partial charge in [0.1, 0.15) is 10.8 Å². The predicted molar refractivity (Wildman–Crippen MR) is 113 cm³/mol. The Morgan fingerprint density at radius 2 is 2.11 bits per heavy atom. The van der Waals surface area contributed by atoms with E-state index in [1.807, 2.05) is 25.1 Å². The highest BCUT2D eigenvalue weighted by molar-refractivity contribution is 7.15. The highest BCUT2D eigenvalue weighted by Crippen LogP contribution is 2.26. The summed E-state index contributed by atoms with van der Waals surface area (Å²) in [5.41, 5.74) is 10.3. The number of rotatable bonds is 6. The average molecular weight is 382 g/mol. The third-order valence-corrected chi connectivity index (χ3v) is 5.14. The summed E-state index contributed by atoms with van der Waals surface area (Å²) < 4.78 is 0. The highest BCUT2D eigenvalue weighted by atomic mass is 32.1. The van der Waals surface area contributed by atoms with E-state index in [0.29, 0.717) is 11.7 Å². The zero-order valence-corrected chi connectivity index (χ0v) is 16.7. The number of allylic oxidation sites excluding steroid dienone is 2. The van der Waals surface area contributed by atoms with Crippen LogP contribution < -0.4 is 11.1 Å². The number of aromatic nitrogens is 4. The molecule has 0 saturated heterocycles. The number of nitrogens with two attached hydrogens (primary N) is 1. The summed E-state index contributed by atoms with van der Waals surface area (Å²) in [7, 11) is 1.73. The van der Waals surface area contributed by atoms with Gasteiger partial charge in [-0.1, -0.05) is 32.1 Å². The van der Waals surface area contributed by atoms with E-state index in [9.17, 15) is 0 Å². The van der Waals surface area contributed by atoms with E-state index in [0.717, 1.165) is 44.4 Å². The van der Waals surface area contributed by atoms with Gasteiger partial charge in [0.25, 0.3) is 0 Å². The zero-order chi connectivity index (χ0) is 19.4. The number of hydrogen-bond acceptors (Lipinski definition) is 8. The second-order valence-corrected chi connectivity index (χ2v) is 7.37. The van der Waals surface area contributed by atoms with Crippen LogP contribution in [0.4, 0.5) is 10.9 Å². The molecule has 8 heteroatoms. The van der Waals surface area contributed by atoms with Gasteiger partial charge in [0.05, 0.1) is 11.0 Å². The maximum Gasteiger partial charge on any atom is 0.211 e. The van der Waals surface area contributed by atoms with Gasteiger partial charge in [0, 0.05) is 42.2 Å². The standard InChI is InChI=1S/C19H23N7S/c1-5-14(20)13(10-21-4)12-8-16-15(22-9-12)6-7-17(23-16)24-19-26-25-18(27-19)11(2)3/h6-11H,5,20H2,1-4H3,(H,23,24,26). The third kappa shape index (κ3) is 4.28. The van der Waals surface area contributed by atoms with Crippen LogP contribution in [0.5, 0.6) is 0 Å². The van der Waals surface area contributed by atoms with Crippen molar-refractivity contribution in [3.63, 3.8) is 0 Å². The molecule has 3 heterocycles. The third-order valence-electron chi connectivity index (χ3n) is 4.00. The first kappa shape index (κ1) is 18.9. The minimum Gasteiger partial charge on any atom is -0.402 e. The second kappa shape index (κ2) is 8.22. The number of nitrogens with zero attached hydrogens (tertiary/aromatic N) is 5. The van der Waals surface area contributed by atoms with Crippen LogP contribution in [0, 0.1) is 0 Å². The van der Waals surface area contributed by atoms with E-state index >= 15 is 0 Å². The Labute approximate surface area is 162 Å². The molecule has 0 saturated carbocycles. The molecule has 3 aromatic rings. The normalized spacial score (nSPS) is 12.8. The lowest BCUT2D eigenvalue weighted by atomic mass is 10.0. The van der Waals surface area contributed by atoms with Crippen molar-refractivity contribution in [1.29, 1.82) is 0 Å². The van der Waals surface area contributed by atoms with E-state index in [-0.39, 0.29) is 0 Å². The second-order valence-electron chi connectivity index (χ2n) is 6.36. The Bertz CT molecular complexity index is 1000. The molecule has 3 aromatic heterocycles. The van der Waals surface area contributed by atoms with Crippen LogP contribution in [0.3, 0.4) is 0 Å². The average Bonchev–Trinajstić information content (AvgIpc) is 3.14. The van der Waals surface area contributed by atoms with Crippen LogP contribution in [-0.2, 0) is 0 Å². The van der Waals surface area contributed by atoms with Crippen LogP contribution in [0.25, 0.3) is 16.6 Å². The minimum atomic E-state index is 0.351. The Morgan fingerprint density at radius 1 is 1.30 bits per heavy atom.